The lowest BCUT2D eigenvalue weighted by atomic mass is 10.2. The van der Waals surface area contributed by atoms with Crippen LogP contribution in [0.3, 0.4) is 0 Å². The third-order valence-corrected chi connectivity index (χ3v) is 4.82. The standard InChI is InChI=1S/C21H24ClN3O3/c1-28-19-8-7-16(22)13-18(19)23-10-9-20(26)24-17-5-2-4-15(12-17)14-25-11-3-6-21(25)27/h2,4-5,7-8,12-13,23H,3,6,9-11,14H2,1H3,(H,24,26). The number of carbonyl (C=O) groups excluding carboxylic acids is 2. The van der Waals surface area contributed by atoms with Gasteiger partial charge in [0, 0.05) is 43.2 Å². The Morgan fingerprint density at radius 1 is 1.25 bits per heavy atom. The average molecular weight is 402 g/mol. The highest BCUT2D eigenvalue weighted by Gasteiger charge is 2.20. The first-order chi connectivity index (χ1) is 13.5. The van der Waals surface area contributed by atoms with Gasteiger partial charge >= 0.3 is 0 Å². The summed E-state index contributed by atoms with van der Waals surface area (Å²) in [6.07, 6.45) is 1.84. The van der Waals surface area contributed by atoms with E-state index >= 15 is 0 Å². The fourth-order valence-corrected chi connectivity index (χ4v) is 3.36. The quantitative estimate of drug-likeness (QED) is 0.703. The molecule has 0 aromatic heterocycles. The van der Waals surface area contributed by atoms with Gasteiger partial charge in [0.2, 0.25) is 11.8 Å². The monoisotopic (exact) mass is 401 g/mol. The summed E-state index contributed by atoms with van der Waals surface area (Å²) in [5.74, 6) is 0.772. The SMILES string of the molecule is COc1ccc(Cl)cc1NCCC(=O)Nc1cccc(CN2CCCC2=O)c1. The first-order valence-electron chi connectivity index (χ1n) is 9.29. The van der Waals surface area contributed by atoms with Crippen LogP contribution in [0.25, 0.3) is 0 Å². The number of nitrogens with zero attached hydrogens (tertiary/aromatic N) is 1. The van der Waals surface area contributed by atoms with E-state index in [1.54, 1.807) is 25.3 Å². The number of ether oxygens (including phenoxy) is 1. The summed E-state index contributed by atoms with van der Waals surface area (Å²) in [5, 5.41) is 6.67. The van der Waals surface area contributed by atoms with Crippen LogP contribution < -0.4 is 15.4 Å². The van der Waals surface area contributed by atoms with Gasteiger partial charge in [0.05, 0.1) is 12.8 Å². The number of nitrogens with one attached hydrogen (secondary N) is 2. The number of hydrogen-bond donors (Lipinski definition) is 2. The van der Waals surface area contributed by atoms with Crippen LogP contribution in [0.5, 0.6) is 5.75 Å². The van der Waals surface area contributed by atoms with Gasteiger partial charge in [-0.25, -0.2) is 0 Å². The maximum atomic E-state index is 12.3. The van der Waals surface area contributed by atoms with E-state index < -0.39 is 0 Å². The van der Waals surface area contributed by atoms with Gasteiger partial charge in [0.25, 0.3) is 0 Å². The van der Waals surface area contributed by atoms with Gasteiger partial charge in [-0.15, -0.1) is 0 Å². The summed E-state index contributed by atoms with van der Waals surface area (Å²) in [4.78, 5) is 25.9. The lowest BCUT2D eigenvalue weighted by Gasteiger charge is -2.16. The van der Waals surface area contributed by atoms with Crippen molar-refractivity contribution in [3.8, 4) is 5.75 Å². The Kier molecular flexibility index (Phi) is 6.76. The molecule has 1 aliphatic heterocycles. The van der Waals surface area contributed by atoms with Gasteiger partial charge in [0.15, 0.2) is 0 Å². The minimum atomic E-state index is -0.0945. The summed E-state index contributed by atoms with van der Waals surface area (Å²) in [5.41, 5.74) is 2.49. The highest BCUT2D eigenvalue weighted by atomic mass is 35.5. The molecule has 2 aromatic rings. The number of methoxy groups -OCH3 is 1. The van der Waals surface area contributed by atoms with Crippen molar-refractivity contribution in [3.05, 3.63) is 53.1 Å². The molecular weight excluding hydrogens is 378 g/mol. The van der Waals surface area contributed by atoms with Crippen molar-refractivity contribution < 1.29 is 14.3 Å². The molecule has 3 rings (SSSR count). The second kappa shape index (κ2) is 9.46. The zero-order valence-corrected chi connectivity index (χ0v) is 16.6. The zero-order valence-electron chi connectivity index (χ0n) is 15.8. The molecule has 0 spiro atoms. The molecule has 0 atom stereocenters. The van der Waals surface area contributed by atoms with E-state index in [9.17, 15) is 9.59 Å². The molecule has 148 valence electrons. The molecule has 0 unspecified atom stereocenters. The molecule has 0 radical (unpaired) electrons. The first kappa shape index (κ1) is 20.0. The molecule has 7 heteroatoms. The molecule has 1 heterocycles. The Bertz CT molecular complexity index is 857. The third-order valence-electron chi connectivity index (χ3n) is 4.58. The zero-order chi connectivity index (χ0) is 19.9. The van der Waals surface area contributed by atoms with Crippen molar-refractivity contribution in [2.75, 3.05) is 30.8 Å². The summed E-state index contributed by atoms with van der Waals surface area (Å²) in [6, 6.07) is 12.9. The molecule has 0 bridgehead atoms. The van der Waals surface area contributed by atoms with Crippen molar-refractivity contribution in [2.24, 2.45) is 0 Å². The van der Waals surface area contributed by atoms with Crippen LogP contribution in [-0.2, 0) is 16.1 Å². The van der Waals surface area contributed by atoms with Crippen LogP contribution in [0.4, 0.5) is 11.4 Å². The number of anilines is 2. The lowest BCUT2D eigenvalue weighted by Crippen LogP contribution is -2.24. The number of carbonyl (C=O) groups is 2. The van der Waals surface area contributed by atoms with Crippen LogP contribution in [0.15, 0.2) is 42.5 Å². The minimum Gasteiger partial charge on any atom is -0.495 e. The fourth-order valence-electron chi connectivity index (χ4n) is 3.19. The Balaban J connectivity index is 1.50. The summed E-state index contributed by atoms with van der Waals surface area (Å²) in [7, 11) is 1.59. The molecule has 28 heavy (non-hydrogen) atoms. The topological polar surface area (TPSA) is 70.7 Å². The van der Waals surface area contributed by atoms with E-state index in [-0.39, 0.29) is 11.8 Å². The largest absolute Gasteiger partial charge is 0.495 e. The van der Waals surface area contributed by atoms with E-state index in [1.165, 1.54) is 0 Å². The molecule has 6 nitrogen and oxygen atoms in total. The van der Waals surface area contributed by atoms with Gasteiger partial charge in [0.1, 0.15) is 5.75 Å². The normalized spacial score (nSPS) is 13.5. The van der Waals surface area contributed by atoms with Crippen LogP contribution in [0, 0.1) is 0 Å². The molecule has 2 N–H and O–H groups in total. The van der Waals surface area contributed by atoms with E-state index in [4.69, 9.17) is 16.3 Å². The van der Waals surface area contributed by atoms with E-state index in [0.29, 0.717) is 36.7 Å². The number of hydrogen-bond acceptors (Lipinski definition) is 4. The van der Waals surface area contributed by atoms with Crippen LogP contribution in [0.2, 0.25) is 5.02 Å². The lowest BCUT2D eigenvalue weighted by molar-refractivity contribution is -0.128. The van der Waals surface area contributed by atoms with Gasteiger partial charge in [-0.05, 0) is 42.3 Å². The predicted molar refractivity (Wildman–Crippen MR) is 111 cm³/mol. The number of halogens is 1. The van der Waals surface area contributed by atoms with Crippen LogP contribution >= 0.6 is 11.6 Å². The first-order valence-corrected chi connectivity index (χ1v) is 9.67. The minimum absolute atomic E-state index is 0.0945. The smallest absolute Gasteiger partial charge is 0.226 e. The third kappa shape index (κ3) is 5.39. The molecule has 0 saturated carbocycles. The molecule has 1 fully saturated rings. The molecular formula is C21H24ClN3O3. The predicted octanol–water partition coefficient (Wildman–Crippen LogP) is 3.91. The fraction of sp³-hybridized carbons (Fsp3) is 0.333. The molecule has 1 aliphatic rings. The summed E-state index contributed by atoms with van der Waals surface area (Å²) >= 11 is 6.01. The van der Waals surface area contributed by atoms with Crippen molar-refractivity contribution >= 4 is 34.8 Å². The Hall–Kier alpha value is -2.73. The molecule has 1 saturated heterocycles. The van der Waals surface area contributed by atoms with Gasteiger partial charge < -0.3 is 20.3 Å². The summed E-state index contributed by atoms with van der Waals surface area (Å²) < 4.78 is 5.28. The van der Waals surface area contributed by atoms with E-state index in [0.717, 1.165) is 29.9 Å². The van der Waals surface area contributed by atoms with Gasteiger partial charge in [-0.2, -0.15) is 0 Å². The van der Waals surface area contributed by atoms with Gasteiger partial charge in [-0.1, -0.05) is 23.7 Å². The number of rotatable bonds is 8. The second-order valence-corrected chi connectivity index (χ2v) is 7.13. The van der Waals surface area contributed by atoms with Crippen molar-refractivity contribution in [3.63, 3.8) is 0 Å². The molecule has 0 aliphatic carbocycles. The van der Waals surface area contributed by atoms with Crippen molar-refractivity contribution in [1.82, 2.24) is 4.90 Å². The van der Waals surface area contributed by atoms with Crippen molar-refractivity contribution in [1.29, 1.82) is 0 Å². The van der Waals surface area contributed by atoms with E-state index in [2.05, 4.69) is 10.6 Å². The average Bonchev–Trinajstić information content (AvgIpc) is 3.07. The second-order valence-electron chi connectivity index (χ2n) is 6.69. The van der Waals surface area contributed by atoms with E-state index in [1.807, 2.05) is 29.2 Å². The highest BCUT2D eigenvalue weighted by molar-refractivity contribution is 6.30. The van der Waals surface area contributed by atoms with Crippen LogP contribution in [-0.4, -0.2) is 36.9 Å². The summed E-state index contributed by atoms with van der Waals surface area (Å²) in [6.45, 7) is 1.83. The van der Waals surface area contributed by atoms with Crippen molar-refractivity contribution in [2.45, 2.75) is 25.8 Å². The Morgan fingerprint density at radius 3 is 2.86 bits per heavy atom. The number of amides is 2. The Labute approximate surface area is 169 Å². The van der Waals surface area contributed by atoms with Gasteiger partial charge in [-0.3, -0.25) is 9.59 Å². The maximum Gasteiger partial charge on any atom is 0.226 e. The Morgan fingerprint density at radius 2 is 2.11 bits per heavy atom. The molecule has 2 aromatic carbocycles. The number of likely N-dealkylation sites (tertiary alicyclic amines) is 1. The number of benzene rings is 2. The molecule has 2 amide bonds. The highest BCUT2D eigenvalue weighted by Crippen LogP contribution is 2.27. The maximum absolute atomic E-state index is 12.3. The van der Waals surface area contributed by atoms with Crippen LogP contribution in [0.1, 0.15) is 24.8 Å².